The molecule has 0 saturated carbocycles. The highest BCUT2D eigenvalue weighted by Crippen LogP contribution is 2.28. The zero-order chi connectivity index (χ0) is 15.4. The standard InChI is InChI=1S/C14H10Br2ClNO3/c15-11-3-4-14(10(5-11)7-17)21-8-9-1-2-12(16)6-13(9)18(19)20/h1-6H,7-8H2. The van der Waals surface area contributed by atoms with Crippen molar-refractivity contribution in [2.24, 2.45) is 0 Å². The summed E-state index contributed by atoms with van der Waals surface area (Å²) in [6.07, 6.45) is 0. The van der Waals surface area contributed by atoms with E-state index in [1.54, 1.807) is 18.2 Å². The lowest BCUT2D eigenvalue weighted by Gasteiger charge is -2.11. The van der Waals surface area contributed by atoms with Crippen LogP contribution in [0, 0.1) is 10.1 Å². The first-order valence-electron chi connectivity index (χ1n) is 5.91. The van der Waals surface area contributed by atoms with Crippen molar-refractivity contribution in [2.45, 2.75) is 12.5 Å². The van der Waals surface area contributed by atoms with E-state index < -0.39 is 4.92 Å². The van der Waals surface area contributed by atoms with Crippen LogP contribution in [0.1, 0.15) is 11.1 Å². The fourth-order valence-electron chi connectivity index (χ4n) is 1.78. The average molecular weight is 435 g/mol. The molecule has 2 aromatic carbocycles. The fourth-order valence-corrected chi connectivity index (χ4v) is 2.74. The predicted octanol–water partition coefficient (Wildman–Crippen LogP) is 5.44. The van der Waals surface area contributed by atoms with Gasteiger partial charge in [0.1, 0.15) is 12.4 Å². The Bertz CT molecular complexity index is 679. The Morgan fingerprint density at radius 3 is 2.43 bits per heavy atom. The van der Waals surface area contributed by atoms with Gasteiger partial charge >= 0.3 is 0 Å². The second-order valence-electron chi connectivity index (χ2n) is 4.20. The van der Waals surface area contributed by atoms with E-state index in [1.165, 1.54) is 6.07 Å². The van der Waals surface area contributed by atoms with Gasteiger partial charge < -0.3 is 4.74 Å². The third kappa shape index (κ3) is 4.18. The first-order chi connectivity index (χ1) is 10.0. The van der Waals surface area contributed by atoms with Crippen molar-refractivity contribution in [1.82, 2.24) is 0 Å². The molecule has 0 heterocycles. The lowest BCUT2D eigenvalue weighted by Crippen LogP contribution is -2.02. The summed E-state index contributed by atoms with van der Waals surface area (Å²) in [7, 11) is 0. The second-order valence-corrected chi connectivity index (χ2v) is 6.30. The van der Waals surface area contributed by atoms with E-state index in [4.69, 9.17) is 16.3 Å². The molecule has 7 heteroatoms. The summed E-state index contributed by atoms with van der Waals surface area (Å²) in [5, 5.41) is 11.1. The topological polar surface area (TPSA) is 52.4 Å². The molecule has 0 unspecified atom stereocenters. The molecule has 0 radical (unpaired) electrons. The molecule has 110 valence electrons. The van der Waals surface area contributed by atoms with Crippen LogP contribution in [0.5, 0.6) is 5.75 Å². The van der Waals surface area contributed by atoms with E-state index in [2.05, 4.69) is 31.9 Å². The molecule has 0 bridgehead atoms. The van der Waals surface area contributed by atoms with Gasteiger partial charge in [-0.2, -0.15) is 0 Å². The molecule has 0 aromatic heterocycles. The Kier molecular flexibility index (Phi) is 5.61. The molecule has 2 rings (SSSR count). The number of hydrogen-bond donors (Lipinski definition) is 0. The van der Waals surface area contributed by atoms with E-state index in [9.17, 15) is 10.1 Å². The van der Waals surface area contributed by atoms with Crippen LogP contribution in [-0.2, 0) is 12.5 Å². The first kappa shape index (κ1) is 16.3. The number of nitro groups is 1. The third-order valence-electron chi connectivity index (χ3n) is 2.79. The van der Waals surface area contributed by atoms with Gasteiger partial charge in [0.2, 0.25) is 0 Å². The van der Waals surface area contributed by atoms with E-state index in [1.807, 2.05) is 12.1 Å². The van der Waals surface area contributed by atoms with Crippen LogP contribution in [0.15, 0.2) is 45.3 Å². The van der Waals surface area contributed by atoms with E-state index in [-0.39, 0.29) is 12.3 Å². The van der Waals surface area contributed by atoms with E-state index >= 15 is 0 Å². The molecule has 21 heavy (non-hydrogen) atoms. The zero-order valence-corrected chi connectivity index (χ0v) is 14.6. The van der Waals surface area contributed by atoms with Gasteiger partial charge in [-0.05, 0) is 30.3 Å². The van der Waals surface area contributed by atoms with E-state index in [0.29, 0.717) is 21.7 Å². The smallest absolute Gasteiger partial charge is 0.277 e. The molecule has 0 atom stereocenters. The van der Waals surface area contributed by atoms with Crippen molar-refractivity contribution in [3.05, 3.63) is 66.6 Å². The van der Waals surface area contributed by atoms with Crippen LogP contribution in [-0.4, -0.2) is 4.92 Å². The SMILES string of the molecule is O=[N+]([O-])c1cc(Br)ccc1COc1ccc(Br)cc1CCl. The van der Waals surface area contributed by atoms with Crippen LogP contribution < -0.4 is 4.74 Å². The summed E-state index contributed by atoms with van der Waals surface area (Å²) in [6, 6.07) is 10.4. The van der Waals surface area contributed by atoms with Gasteiger partial charge in [0.25, 0.3) is 5.69 Å². The predicted molar refractivity (Wildman–Crippen MR) is 88.8 cm³/mol. The Morgan fingerprint density at radius 2 is 1.76 bits per heavy atom. The number of hydrogen-bond acceptors (Lipinski definition) is 3. The number of alkyl halides is 1. The van der Waals surface area contributed by atoms with E-state index in [0.717, 1.165) is 10.0 Å². The Hall–Kier alpha value is -1.11. The quantitative estimate of drug-likeness (QED) is 0.357. The maximum atomic E-state index is 11.1. The summed E-state index contributed by atoms with van der Waals surface area (Å²) in [5.41, 5.74) is 1.35. The molecule has 0 N–H and O–H groups in total. The number of halogens is 3. The highest BCUT2D eigenvalue weighted by atomic mass is 79.9. The summed E-state index contributed by atoms with van der Waals surface area (Å²) in [6.45, 7) is 0.106. The summed E-state index contributed by atoms with van der Waals surface area (Å²) < 4.78 is 7.23. The highest BCUT2D eigenvalue weighted by Gasteiger charge is 2.15. The molecule has 0 aliphatic heterocycles. The largest absolute Gasteiger partial charge is 0.488 e. The van der Waals surface area contributed by atoms with Gasteiger partial charge in [0, 0.05) is 20.6 Å². The van der Waals surface area contributed by atoms with Crippen molar-refractivity contribution >= 4 is 49.1 Å². The maximum absolute atomic E-state index is 11.1. The molecule has 0 aliphatic rings. The minimum atomic E-state index is -0.423. The number of nitro benzene ring substituents is 1. The van der Waals surface area contributed by atoms with Gasteiger partial charge in [0.15, 0.2) is 0 Å². The molecular formula is C14H10Br2ClNO3. The van der Waals surface area contributed by atoms with Crippen molar-refractivity contribution in [3.8, 4) is 5.75 Å². The van der Waals surface area contributed by atoms with Crippen LogP contribution in [0.25, 0.3) is 0 Å². The molecule has 4 nitrogen and oxygen atoms in total. The molecular weight excluding hydrogens is 425 g/mol. The molecule has 2 aromatic rings. The molecule has 0 amide bonds. The van der Waals surface area contributed by atoms with Gasteiger partial charge in [-0.25, -0.2) is 0 Å². The average Bonchev–Trinajstić information content (AvgIpc) is 2.46. The summed E-state index contributed by atoms with van der Waals surface area (Å²) in [4.78, 5) is 10.6. The Morgan fingerprint density at radius 1 is 1.10 bits per heavy atom. The molecule has 0 aliphatic carbocycles. The lowest BCUT2D eigenvalue weighted by molar-refractivity contribution is -0.385. The number of nitrogens with zero attached hydrogens (tertiary/aromatic N) is 1. The lowest BCUT2D eigenvalue weighted by atomic mass is 10.2. The molecule has 0 spiro atoms. The van der Waals surface area contributed by atoms with Crippen molar-refractivity contribution in [1.29, 1.82) is 0 Å². The highest BCUT2D eigenvalue weighted by molar-refractivity contribution is 9.10. The van der Waals surface area contributed by atoms with Crippen LogP contribution in [0.2, 0.25) is 0 Å². The van der Waals surface area contributed by atoms with Crippen molar-refractivity contribution in [3.63, 3.8) is 0 Å². The monoisotopic (exact) mass is 433 g/mol. The van der Waals surface area contributed by atoms with Crippen molar-refractivity contribution < 1.29 is 9.66 Å². The number of ether oxygens (including phenoxy) is 1. The van der Waals surface area contributed by atoms with Crippen LogP contribution in [0.4, 0.5) is 5.69 Å². The Balaban J connectivity index is 2.22. The number of benzene rings is 2. The normalized spacial score (nSPS) is 10.4. The minimum absolute atomic E-state index is 0.0221. The van der Waals surface area contributed by atoms with Gasteiger partial charge in [-0.15, -0.1) is 11.6 Å². The van der Waals surface area contributed by atoms with Gasteiger partial charge in [-0.3, -0.25) is 10.1 Å². The summed E-state index contributed by atoms with van der Waals surface area (Å²) >= 11 is 12.5. The minimum Gasteiger partial charge on any atom is -0.488 e. The zero-order valence-electron chi connectivity index (χ0n) is 10.7. The summed E-state index contributed by atoms with van der Waals surface area (Å²) in [5.74, 6) is 0.919. The number of rotatable bonds is 5. The second kappa shape index (κ2) is 7.24. The van der Waals surface area contributed by atoms with Gasteiger partial charge in [0.05, 0.1) is 16.4 Å². The van der Waals surface area contributed by atoms with Crippen molar-refractivity contribution in [2.75, 3.05) is 0 Å². The molecule has 0 saturated heterocycles. The fraction of sp³-hybridized carbons (Fsp3) is 0.143. The van der Waals surface area contributed by atoms with Gasteiger partial charge in [-0.1, -0.05) is 31.9 Å². The molecule has 0 fully saturated rings. The van der Waals surface area contributed by atoms with Crippen LogP contribution in [0.3, 0.4) is 0 Å². The third-order valence-corrected chi connectivity index (χ3v) is 4.07. The maximum Gasteiger partial charge on any atom is 0.277 e. The first-order valence-corrected chi connectivity index (χ1v) is 8.03. The van der Waals surface area contributed by atoms with Crippen LogP contribution >= 0.6 is 43.5 Å². The Labute approximate surface area is 143 Å².